The first-order chi connectivity index (χ1) is 8.63. The largest absolute Gasteiger partial charge is 0.354 e. The van der Waals surface area contributed by atoms with Crippen LogP contribution in [0.1, 0.15) is 19.4 Å². The summed E-state index contributed by atoms with van der Waals surface area (Å²) in [7, 11) is -3.27. The fraction of sp³-hybridized carbons (Fsp3) is 0.462. The van der Waals surface area contributed by atoms with Gasteiger partial charge in [0.05, 0.1) is 11.2 Å². The van der Waals surface area contributed by atoms with Crippen molar-refractivity contribution in [2.24, 2.45) is 0 Å². The molecule has 1 amide bonds. The maximum atomic E-state index is 13.3. The quantitative estimate of drug-likeness (QED) is 0.888. The Morgan fingerprint density at radius 2 is 1.89 bits per heavy atom. The molecule has 0 radical (unpaired) electrons. The van der Waals surface area contributed by atoms with Gasteiger partial charge in [0.15, 0.2) is 9.84 Å². The Labute approximate surface area is 112 Å². The lowest BCUT2D eigenvalue weighted by Crippen LogP contribution is -2.44. The van der Waals surface area contributed by atoms with Crippen molar-refractivity contribution in [2.75, 3.05) is 12.8 Å². The maximum absolute atomic E-state index is 13.3. The average molecular weight is 287 g/mol. The van der Waals surface area contributed by atoms with E-state index in [-0.39, 0.29) is 18.5 Å². The number of amides is 1. The van der Waals surface area contributed by atoms with Crippen molar-refractivity contribution in [3.63, 3.8) is 0 Å². The first kappa shape index (κ1) is 15.6. The molecule has 0 aliphatic rings. The van der Waals surface area contributed by atoms with Crippen molar-refractivity contribution in [2.45, 2.75) is 25.0 Å². The highest BCUT2D eigenvalue weighted by Gasteiger charge is 2.30. The molecule has 1 aromatic carbocycles. The topological polar surface area (TPSA) is 63.2 Å². The van der Waals surface area contributed by atoms with Gasteiger partial charge in [0.1, 0.15) is 5.82 Å². The van der Waals surface area contributed by atoms with Crippen LogP contribution >= 0.6 is 0 Å². The zero-order valence-electron chi connectivity index (χ0n) is 11.2. The monoisotopic (exact) mass is 287 g/mol. The molecule has 1 aromatic rings. The molecule has 0 aliphatic carbocycles. The standard InChI is InChI=1S/C13H18FNO3S/c1-13(2,19(3,17)18)9-15-12(16)8-10-6-4-5-7-11(10)14/h4-7H,8-9H2,1-3H3,(H,15,16). The normalized spacial score (nSPS) is 12.2. The summed E-state index contributed by atoms with van der Waals surface area (Å²) in [5.41, 5.74) is 0.289. The van der Waals surface area contributed by atoms with Crippen molar-refractivity contribution >= 4 is 15.7 Å². The Bertz CT molecular complexity index is 567. The van der Waals surface area contributed by atoms with Gasteiger partial charge in [-0.25, -0.2) is 12.8 Å². The lowest BCUT2D eigenvalue weighted by Gasteiger charge is -2.22. The summed E-state index contributed by atoms with van der Waals surface area (Å²) in [6.45, 7) is 3.07. The van der Waals surface area contributed by atoms with Crippen molar-refractivity contribution in [1.82, 2.24) is 5.32 Å². The Morgan fingerprint density at radius 1 is 1.32 bits per heavy atom. The summed E-state index contributed by atoms with van der Waals surface area (Å²) in [5.74, 6) is -0.846. The zero-order chi connectivity index (χ0) is 14.7. The van der Waals surface area contributed by atoms with Crippen molar-refractivity contribution < 1.29 is 17.6 Å². The van der Waals surface area contributed by atoms with E-state index in [4.69, 9.17) is 0 Å². The maximum Gasteiger partial charge on any atom is 0.224 e. The number of hydrogen-bond donors (Lipinski definition) is 1. The van der Waals surface area contributed by atoms with E-state index in [1.807, 2.05) is 0 Å². The molecule has 0 heterocycles. The third-order valence-corrected chi connectivity index (χ3v) is 5.18. The molecule has 0 saturated heterocycles. The molecule has 4 nitrogen and oxygen atoms in total. The van der Waals surface area contributed by atoms with Gasteiger partial charge < -0.3 is 5.32 Å². The molecule has 19 heavy (non-hydrogen) atoms. The van der Waals surface area contributed by atoms with Crippen LogP contribution in [0, 0.1) is 5.82 Å². The van der Waals surface area contributed by atoms with Crippen LogP contribution in [0.2, 0.25) is 0 Å². The summed E-state index contributed by atoms with van der Waals surface area (Å²) in [6, 6.07) is 6.00. The van der Waals surface area contributed by atoms with Crippen LogP contribution in [0.3, 0.4) is 0 Å². The molecule has 0 aliphatic heterocycles. The van der Waals surface area contributed by atoms with Crippen LogP contribution in [-0.2, 0) is 21.1 Å². The van der Waals surface area contributed by atoms with Gasteiger partial charge in [-0.2, -0.15) is 0 Å². The van der Waals surface area contributed by atoms with E-state index in [2.05, 4.69) is 5.32 Å². The summed E-state index contributed by atoms with van der Waals surface area (Å²) in [6.07, 6.45) is 1.02. The second kappa shape index (κ2) is 5.69. The van der Waals surface area contributed by atoms with E-state index in [1.165, 1.54) is 26.0 Å². The van der Waals surface area contributed by atoms with Gasteiger partial charge in [0.2, 0.25) is 5.91 Å². The molecule has 0 unspecified atom stereocenters. The molecule has 0 bridgehead atoms. The van der Waals surface area contributed by atoms with Crippen molar-refractivity contribution in [3.05, 3.63) is 35.6 Å². The number of rotatable bonds is 5. The van der Waals surface area contributed by atoms with Gasteiger partial charge in [-0.05, 0) is 25.5 Å². The Morgan fingerprint density at radius 3 is 2.42 bits per heavy atom. The van der Waals surface area contributed by atoms with Gasteiger partial charge in [-0.15, -0.1) is 0 Å². The van der Waals surface area contributed by atoms with E-state index in [9.17, 15) is 17.6 Å². The Balaban J connectivity index is 2.61. The molecule has 1 rings (SSSR count). The highest BCUT2D eigenvalue weighted by molar-refractivity contribution is 7.92. The number of hydrogen-bond acceptors (Lipinski definition) is 3. The van der Waals surface area contributed by atoms with E-state index < -0.39 is 26.3 Å². The third-order valence-electron chi connectivity index (χ3n) is 3.02. The van der Waals surface area contributed by atoms with Gasteiger partial charge in [-0.3, -0.25) is 4.79 Å². The molecule has 6 heteroatoms. The highest BCUT2D eigenvalue weighted by Crippen LogP contribution is 2.13. The number of halogens is 1. The second-order valence-electron chi connectivity index (χ2n) is 5.08. The van der Waals surface area contributed by atoms with Crippen molar-refractivity contribution in [1.29, 1.82) is 0 Å². The summed E-state index contributed by atoms with van der Waals surface area (Å²) in [4.78, 5) is 11.7. The van der Waals surface area contributed by atoms with Crippen LogP contribution in [-0.4, -0.2) is 31.9 Å². The highest BCUT2D eigenvalue weighted by atomic mass is 32.2. The fourth-order valence-corrected chi connectivity index (χ4v) is 1.65. The van der Waals surface area contributed by atoms with Gasteiger partial charge in [0, 0.05) is 12.8 Å². The summed E-state index contributed by atoms with van der Waals surface area (Å²) in [5, 5.41) is 2.52. The lowest BCUT2D eigenvalue weighted by molar-refractivity contribution is -0.120. The smallest absolute Gasteiger partial charge is 0.224 e. The number of nitrogens with one attached hydrogen (secondary N) is 1. The SMILES string of the molecule is CC(C)(CNC(=O)Cc1ccccc1F)S(C)(=O)=O. The lowest BCUT2D eigenvalue weighted by atomic mass is 10.1. The minimum atomic E-state index is -3.27. The fourth-order valence-electron chi connectivity index (χ4n) is 1.32. The molecule has 0 spiro atoms. The third kappa shape index (κ3) is 4.31. The molecular weight excluding hydrogens is 269 g/mol. The Kier molecular flexibility index (Phi) is 4.68. The van der Waals surface area contributed by atoms with E-state index in [1.54, 1.807) is 12.1 Å². The molecule has 1 N–H and O–H groups in total. The molecule has 0 aromatic heterocycles. The van der Waals surface area contributed by atoms with Crippen molar-refractivity contribution in [3.8, 4) is 0 Å². The van der Waals surface area contributed by atoms with Crippen LogP contribution in [0.5, 0.6) is 0 Å². The van der Waals surface area contributed by atoms with E-state index in [0.29, 0.717) is 0 Å². The van der Waals surface area contributed by atoms with Crippen LogP contribution in [0.4, 0.5) is 4.39 Å². The van der Waals surface area contributed by atoms with Crippen LogP contribution < -0.4 is 5.32 Å². The average Bonchev–Trinajstić information content (AvgIpc) is 2.28. The molecule has 0 saturated carbocycles. The van der Waals surface area contributed by atoms with Crippen LogP contribution in [0.15, 0.2) is 24.3 Å². The molecule has 106 valence electrons. The van der Waals surface area contributed by atoms with Gasteiger partial charge in [0.25, 0.3) is 0 Å². The predicted molar refractivity (Wildman–Crippen MR) is 72.0 cm³/mol. The molecule has 0 fully saturated rings. The Hall–Kier alpha value is -1.43. The molecule has 0 atom stereocenters. The first-order valence-corrected chi connectivity index (χ1v) is 7.72. The number of benzene rings is 1. The van der Waals surface area contributed by atoms with E-state index in [0.717, 1.165) is 6.26 Å². The second-order valence-corrected chi connectivity index (χ2v) is 7.73. The van der Waals surface area contributed by atoms with Gasteiger partial charge >= 0.3 is 0 Å². The first-order valence-electron chi connectivity index (χ1n) is 5.83. The van der Waals surface area contributed by atoms with Gasteiger partial charge in [-0.1, -0.05) is 18.2 Å². The minimum Gasteiger partial charge on any atom is -0.354 e. The number of carbonyl (C=O) groups excluding carboxylic acids is 1. The number of sulfone groups is 1. The summed E-state index contributed by atoms with van der Waals surface area (Å²) >= 11 is 0. The minimum absolute atomic E-state index is 0.000874. The predicted octanol–water partition coefficient (Wildman–Crippen LogP) is 1.31. The van der Waals surface area contributed by atoms with E-state index >= 15 is 0 Å². The molecular formula is C13H18FNO3S. The van der Waals surface area contributed by atoms with Crippen LogP contribution in [0.25, 0.3) is 0 Å². The zero-order valence-corrected chi connectivity index (χ0v) is 12.1. The summed E-state index contributed by atoms with van der Waals surface area (Å²) < 4.78 is 35.2. The number of carbonyl (C=O) groups is 1.